The minimum Gasteiger partial charge on any atom is -0.467 e. The van der Waals surface area contributed by atoms with Gasteiger partial charge in [-0.3, -0.25) is 0 Å². The predicted molar refractivity (Wildman–Crippen MR) is 84.3 cm³/mol. The summed E-state index contributed by atoms with van der Waals surface area (Å²) in [5.41, 5.74) is 1.11. The summed E-state index contributed by atoms with van der Waals surface area (Å²) in [4.78, 5) is 0. The average molecular weight is 284 g/mol. The number of hydrogen-bond acceptors (Lipinski definition) is 2. The van der Waals surface area contributed by atoms with Gasteiger partial charge in [0.05, 0.1) is 6.07 Å². The Kier molecular flexibility index (Phi) is 3.82. The van der Waals surface area contributed by atoms with Crippen LogP contribution >= 0.6 is 0 Å². The van der Waals surface area contributed by atoms with Crippen LogP contribution in [0.5, 0.6) is 0 Å². The normalized spacial score (nSPS) is 18.2. The molecule has 0 radical (unpaired) electrons. The highest BCUT2D eigenvalue weighted by atomic mass is 16.5. The van der Waals surface area contributed by atoms with Crippen molar-refractivity contribution in [3.63, 3.8) is 0 Å². The largest absolute Gasteiger partial charge is 0.467 e. The van der Waals surface area contributed by atoms with Gasteiger partial charge in [-0.2, -0.15) is 0 Å². The molecule has 0 saturated carbocycles. The van der Waals surface area contributed by atoms with Crippen molar-refractivity contribution in [2.45, 2.75) is 33.6 Å². The van der Waals surface area contributed by atoms with Gasteiger partial charge in [-0.05, 0) is 44.6 Å². The number of hydrogen-bond donors (Lipinski definition) is 0. The maximum Gasteiger partial charge on any atom is 0.207 e. The highest BCUT2D eigenvalue weighted by Gasteiger charge is 2.14. The molecule has 3 heteroatoms. The molecule has 0 amide bonds. The summed E-state index contributed by atoms with van der Waals surface area (Å²) >= 11 is 0. The highest BCUT2D eigenvalue weighted by molar-refractivity contribution is 5.57. The van der Waals surface area contributed by atoms with Crippen molar-refractivity contribution in [1.29, 1.82) is 0 Å². The zero-order valence-corrected chi connectivity index (χ0v) is 13.0. The Morgan fingerprint density at radius 1 is 1.00 bits per heavy atom. The van der Waals surface area contributed by atoms with E-state index in [1.54, 1.807) is 0 Å². The van der Waals surface area contributed by atoms with E-state index in [1.165, 1.54) is 18.2 Å². The summed E-state index contributed by atoms with van der Waals surface area (Å²) < 4.78 is 13.8. The first-order valence-corrected chi connectivity index (χ1v) is 7.56. The number of allylic oxidation sites excluding steroid dienone is 5. The van der Waals surface area contributed by atoms with Gasteiger partial charge in [0.1, 0.15) is 36.1 Å². The van der Waals surface area contributed by atoms with Crippen molar-refractivity contribution < 1.29 is 9.15 Å². The summed E-state index contributed by atoms with van der Waals surface area (Å²) in [6.45, 7) is 8.23. The Morgan fingerprint density at radius 3 is 2.33 bits per heavy atom. The van der Waals surface area contributed by atoms with Crippen LogP contribution in [-0.2, 0) is 4.74 Å². The smallest absolute Gasteiger partial charge is 0.207 e. The Labute approximate surface area is 125 Å². The fourth-order valence-corrected chi connectivity index (χ4v) is 2.94. The minimum absolute atomic E-state index is 0.891. The van der Waals surface area contributed by atoms with Crippen LogP contribution in [0.15, 0.2) is 45.8 Å². The first-order valence-electron chi connectivity index (χ1n) is 7.56. The van der Waals surface area contributed by atoms with E-state index in [9.17, 15) is 0 Å². The zero-order chi connectivity index (χ0) is 14.8. The molecule has 1 fully saturated rings. The van der Waals surface area contributed by atoms with Crippen molar-refractivity contribution in [3.8, 4) is 0 Å². The Bertz CT molecular complexity index is 689. The number of rotatable bonds is 1. The van der Waals surface area contributed by atoms with Crippen molar-refractivity contribution in [2.75, 3.05) is 13.1 Å². The summed E-state index contributed by atoms with van der Waals surface area (Å²) in [5.74, 6) is 3.66. The summed E-state index contributed by atoms with van der Waals surface area (Å²) in [6.07, 6.45) is 8.69. The van der Waals surface area contributed by atoms with Crippen LogP contribution in [0.25, 0.3) is 6.08 Å². The van der Waals surface area contributed by atoms with Gasteiger partial charge in [-0.15, -0.1) is 0 Å². The molecule has 0 spiro atoms. The lowest BCUT2D eigenvalue weighted by Crippen LogP contribution is -2.26. The molecule has 0 bridgehead atoms. The van der Waals surface area contributed by atoms with E-state index in [1.807, 2.05) is 32.9 Å². The molecule has 0 aromatic carbocycles. The zero-order valence-electron chi connectivity index (χ0n) is 13.0. The van der Waals surface area contributed by atoms with Gasteiger partial charge >= 0.3 is 0 Å². The van der Waals surface area contributed by atoms with Gasteiger partial charge < -0.3 is 9.15 Å². The van der Waals surface area contributed by atoms with E-state index in [0.717, 1.165) is 41.7 Å². The second-order valence-corrected chi connectivity index (χ2v) is 5.78. The van der Waals surface area contributed by atoms with Gasteiger partial charge in [0.15, 0.2) is 0 Å². The fourth-order valence-electron chi connectivity index (χ4n) is 2.94. The molecule has 2 aliphatic heterocycles. The van der Waals surface area contributed by atoms with Crippen molar-refractivity contribution in [1.82, 2.24) is 4.58 Å². The molecule has 0 aliphatic carbocycles. The molecular formula is C18H22NO2+. The summed E-state index contributed by atoms with van der Waals surface area (Å²) in [5, 5.41) is 1.26. The van der Waals surface area contributed by atoms with Crippen LogP contribution in [0.3, 0.4) is 0 Å². The quantitative estimate of drug-likeness (QED) is 0.739. The average Bonchev–Trinajstić information content (AvgIpc) is 2.90. The molecule has 0 N–H and O–H groups in total. The van der Waals surface area contributed by atoms with E-state index in [0.29, 0.717) is 0 Å². The standard InChI is InChI=1S/C18H22NO2/c1-13-8-16(9-14(2)20-13)11-18-12-17(10-15(3)21-18)19-6-4-5-7-19/h8-12H,4-7H2,1-3H3/q+1. The third kappa shape index (κ3) is 3.35. The second-order valence-electron chi connectivity index (χ2n) is 5.78. The van der Waals surface area contributed by atoms with E-state index in [2.05, 4.69) is 22.8 Å². The number of nitrogens with zero attached hydrogens (tertiary/aromatic N) is 1. The van der Waals surface area contributed by atoms with Crippen molar-refractivity contribution in [3.05, 3.63) is 58.3 Å². The SMILES string of the molecule is CC1=CC(=Cc2cc(=[N+]3CCCC3)cc(C)o2)C=C(C)O1. The van der Waals surface area contributed by atoms with Gasteiger partial charge in [-0.25, -0.2) is 4.58 Å². The van der Waals surface area contributed by atoms with E-state index < -0.39 is 0 Å². The first kappa shape index (κ1) is 13.9. The molecule has 1 saturated heterocycles. The van der Waals surface area contributed by atoms with Gasteiger partial charge in [0.25, 0.3) is 0 Å². The number of ether oxygens (including phenoxy) is 1. The van der Waals surface area contributed by atoms with E-state index in [4.69, 9.17) is 9.15 Å². The van der Waals surface area contributed by atoms with Crippen molar-refractivity contribution in [2.24, 2.45) is 0 Å². The van der Waals surface area contributed by atoms with Gasteiger partial charge in [0.2, 0.25) is 5.36 Å². The third-order valence-corrected chi connectivity index (χ3v) is 3.76. The van der Waals surface area contributed by atoms with E-state index >= 15 is 0 Å². The molecular weight excluding hydrogens is 262 g/mol. The lowest BCUT2D eigenvalue weighted by Gasteiger charge is -2.12. The number of aryl methyl sites for hydroxylation is 1. The van der Waals surface area contributed by atoms with Crippen LogP contribution in [0.1, 0.15) is 38.2 Å². The van der Waals surface area contributed by atoms with Crippen LogP contribution in [-0.4, -0.2) is 13.1 Å². The lowest BCUT2D eigenvalue weighted by molar-refractivity contribution is 0.304. The first-order chi connectivity index (χ1) is 10.1. The molecule has 3 heterocycles. The molecule has 3 nitrogen and oxygen atoms in total. The maximum atomic E-state index is 5.85. The van der Waals surface area contributed by atoms with Crippen LogP contribution in [0.4, 0.5) is 0 Å². The third-order valence-electron chi connectivity index (χ3n) is 3.76. The molecule has 1 aromatic heterocycles. The Morgan fingerprint density at radius 2 is 1.67 bits per heavy atom. The van der Waals surface area contributed by atoms with Crippen LogP contribution < -0.4 is 9.93 Å². The Hall–Kier alpha value is -2.03. The molecule has 21 heavy (non-hydrogen) atoms. The summed E-state index contributed by atoms with van der Waals surface area (Å²) in [7, 11) is 0. The molecule has 110 valence electrons. The predicted octanol–water partition coefficient (Wildman–Crippen LogP) is 3.38. The summed E-state index contributed by atoms with van der Waals surface area (Å²) in [6, 6.07) is 4.26. The molecule has 3 rings (SSSR count). The van der Waals surface area contributed by atoms with Crippen LogP contribution in [0, 0.1) is 6.92 Å². The van der Waals surface area contributed by atoms with Gasteiger partial charge in [-0.1, -0.05) is 0 Å². The monoisotopic (exact) mass is 284 g/mol. The fraction of sp³-hybridized carbons (Fsp3) is 0.389. The van der Waals surface area contributed by atoms with Crippen LogP contribution in [0.2, 0.25) is 0 Å². The second kappa shape index (κ2) is 5.76. The Balaban J connectivity index is 2.04. The van der Waals surface area contributed by atoms with Crippen molar-refractivity contribution >= 4 is 6.08 Å². The minimum atomic E-state index is 0.891. The molecule has 2 aliphatic rings. The topological polar surface area (TPSA) is 25.4 Å². The lowest BCUT2D eigenvalue weighted by atomic mass is 10.1. The molecule has 0 atom stereocenters. The maximum absolute atomic E-state index is 5.85. The highest BCUT2D eigenvalue weighted by Crippen LogP contribution is 2.20. The molecule has 1 aromatic rings. The van der Waals surface area contributed by atoms with E-state index in [-0.39, 0.29) is 0 Å². The van der Waals surface area contributed by atoms with Gasteiger partial charge in [0, 0.05) is 18.9 Å². The molecule has 0 unspecified atom stereocenters.